The fraction of sp³-hybridized carbons (Fsp3) is 0.278. The van der Waals surface area contributed by atoms with E-state index in [-0.39, 0.29) is 18.0 Å². The fourth-order valence-corrected chi connectivity index (χ4v) is 3.21. The third-order valence-electron chi connectivity index (χ3n) is 4.30. The van der Waals surface area contributed by atoms with Crippen LogP contribution >= 0.6 is 11.6 Å². The van der Waals surface area contributed by atoms with E-state index in [0.29, 0.717) is 16.3 Å². The number of amides is 1. The highest BCUT2D eigenvalue weighted by Gasteiger charge is 2.34. The summed E-state index contributed by atoms with van der Waals surface area (Å²) in [5.74, 6) is -0.223. The molecule has 1 aliphatic rings. The minimum atomic E-state index is -0.223. The third-order valence-corrected chi connectivity index (χ3v) is 4.55. The number of carbonyl (C=O) groups excluding carboxylic acids is 1. The van der Waals surface area contributed by atoms with Crippen molar-refractivity contribution < 1.29 is 4.79 Å². The summed E-state index contributed by atoms with van der Waals surface area (Å²) in [6, 6.07) is 13.0. The van der Waals surface area contributed by atoms with Crippen LogP contribution in [-0.4, -0.2) is 35.4 Å². The van der Waals surface area contributed by atoms with Crippen molar-refractivity contribution in [3.8, 4) is 6.07 Å². The van der Waals surface area contributed by atoms with Gasteiger partial charge in [0.2, 0.25) is 0 Å². The van der Waals surface area contributed by atoms with Gasteiger partial charge in [0.25, 0.3) is 5.91 Å². The number of benzene rings is 1. The molecule has 2 aromatic rings. The zero-order chi connectivity index (χ0) is 17.1. The number of likely N-dealkylation sites (tertiary alicyclic amines) is 1. The number of nitrogens with zero attached hydrogens (tertiary/aromatic N) is 3. The smallest absolute Gasteiger partial charge is 0.270 e. The predicted molar refractivity (Wildman–Crippen MR) is 91.6 cm³/mol. The molecule has 2 atom stereocenters. The van der Waals surface area contributed by atoms with Gasteiger partial charge in [-0.2, -0.15) is 5.26 Å². The van der Waals surface area contributed by atoms with Gasteiger partial charge in [-0.3, -0.25) is 9.69 Å². The molecule has 2 heterocycles. The first-order chi connectivity index (χ1) is 11.6. The fourth-order valence-electron chi connectivity index (χ4n) is 3.08. The third kappa shape index (κ3) is 3.40. The van der Waals surface area contributed by atoms with Gasteiger partial charge in [0.15, 0.2) is 0 Å². The Hall–Kier alpha value is -2.42. The van der Waals surface area contributed by atoms with Gasteiger partial charge in [0.05, 0.1) is 17.6 Å². The first-order valence-corrected chi connectivity index (χ1v) is 8.09. The van der Waals surface area contributed by atoms with Gasteiger partial charge in [0.1, 0.15) is 11.8 Å². The maximum absolute atomic E-state index is 12.4. The number of aromatic nitrogens is 1. The van der Waals surface area contributed by atoms with Crippen molar-refractivity contribution in [1.82, 2.24) is 15.2 Å². The van der Waals surface area contributed by atoms with Gasteiger partial charge >= 0.3 is 0 Å². The van der Waals surface area contributed by atoms with E-state index in [1.54, 1.807) is 12.1 Å². The van der Waals surface area contributed by atoms with E-state index in [1.165, 1.54) is 6.20 Å². The first kappa shape index (κ1) is 16.4. The molecule has 5 nitrogen and oxygen atoms in total. The molecular formula is C18H17ClN4O. The van der Waals surface area contributed by atoms with Gasteiger partial charge in [-0.25, -0.2) is 4.98 Å². The number of likely N-dealkylation sites (N-methyl/N-ethyl adjacent to an activating group) is 1. The Balaban J connectivity index is 1.76. The van der Waals surface area contributed by atoms with Crippen LogP contribution in [0.3, 0.4) is 0 Å². The SMILES string of the molecule is CN1CC[C@@H](NC(=O)c2ccc(C#N)cn2)[C@H]1c1ccc(Cl)cc1. The summed E-state index contributed by atoms with van der Waals surface area (Å²) in [5.41, 5.74) is 1.88. The average molecular weight is 341 g/mol. The van der Waals surface area contributed by atoms with Gasteiger partial charge in [-0.15, -0.1) is 0 Å². The lowest BCUT2D eigenvalue weighted by Gasteiger charge is -2.26. The molecule has 1 aliphatic heterocycles. The second kappa shape index (κ2) is 7.00. The topological polar surface area (TPSA) is 69.0 Å². The minimum absolute atomic E-state index is 0.00104. The Morgan fingerprint density at radius 3 is 2.71 bits per heavy atom. The monoisotopic (exact) mass is 340 g/mol. The molecule has 1 fully saturated rings. The van der Waals surface area contributed by atoms with Crippen LogP contribution in [0.1, 0.15) is 34.1 Å². The van der Waals surface area contributed by atoms with Crippen molar-refractivity contribution in [2.45, 2.75) is 18.5 Å². The Bertz CT molecular complexity index is 767. The van der Waals surface area contributed by atoms with Gasteiger partial charge in [-0.05, 0) is 43.3 Å². The molecule has 0 aliphatic carbocycles. The molecule has 3 rings (SSSR count). The number of nitrogens with one attached hydrogen (secondary N) is 1. The van der Waals surface area contributed by atoms with Crippen LogP contribution in [-0.2, 0) is 0 Å². The van der Waals surface area contributed by atoms with E-state index in [1.807, 2.05) is 37.4 Å². The van der Waals surface area contributed by atoms with Crippen LogP contribution in [0.25, 0.3) is 0 Å². The Morgan fingerprint density at radius 2 is 2.08 bits per heavy atom. The largest absolute Gasteiger partial charge is 0.346 e. The van der Waals surface area contributed by atoms with Crippen LogP contribution in [0.4, 0.5) is 0 Å². The maximum Gasteiger partial charge on any atom is 0.270 e. The molecule has 0 unspecified atom stereocenters. The summed E-state index contributed by atoms with van der Waals surface area (Å²) >= 11 is 5.97. The molecule has 1 N–H and O–H groups in total. The van der Waals surface area contributed by atoms with Crippen LogP contribution in [0.2, 0.25) is 5.02 Å². The van der Waals surface area contributed by atoms with E-state index in [9.17, 15) is 4.79 Å². The summed E-state index contributed by atoms with van der Waals surface area (Å²) in [6.45, 7) is 0.902. The Morgan fingerprint density at radius 1 is 1.33 bits per heavy atom. The predicted octanol–water partition coefficient (Wildman–Crippen LogP) is 2.78. The molecule has 1 aromatic heterocycles. The minimum Gasteiger partial charge on any atom is -0.346 e. The summed E-state index contributed by atoms with van der Waals surface area (Å²) in [4.78, 5) is 18.7. The van der Waals surface area contributed by atoms with Gasteiger partial charge in [0, 0.05) is 17.8 Å². The van der Waals surface area contributed by atoms with Crippen LogP contribution < -0.4 is 5.32 Å². The summed E-state index contributed by atoms with van der Waals surface area (Å²) < 4.78 is 0. The summed E-state index contributed by atoms with van der Waals surface area (Å²) in [5, 5.41) is 12.6. The molecule has 0 spiro atoms. The van der Waals surface area contributed by atoms with E-state index in [4.69, 9.17) is 16.9 Å². The molecule has 0 bridgehead atoms. The Kier molecular flexibility index (Phi) is 4.79. The standard InChI is InChI=1S/C18H17ClN4O/c1-23-9-8-15(17(23)13-3-5-14(19)6-4-13)22-18(24)16-7-2-12(10-20)11-21-16/h2-7,11,15,17H,8-9H2,1H3,(H,22,24)/t15-,17-/m1/s1. The Labute approximate surface area is 145 Å². The van der Waals surface area contributed by atoms with E-state index < -0.39 is 0 Å². The van der Waals surface area contributed by atoms with Crippen molar-refractivity contribution in [1.29, 1.82) is 5.26 Å². The van der Waals surface area contributed by atoms with Gasteiger partial charge in [-0.1, -0.05) is 23.7 Å². The van der Waals surface area contributed by atoms with E-state index >= 15 is 0 Å². The second-order valence-corrected chi connectivity index (χ2v) is 6.33. The molecule has 0 radical (unpaired) electrons. The van der Waals surface area contributed by atoms with Crippen molar-refractivity contribution >= 4 is 17.5 Å². The number of nitriles is 1. The highest BCUT2D eigenvalue weighted by molar-refractivity contribution is 6.30. The number of pyridine rings is 1. The number of halogens is 1. The van der Waals surface area contributed by atoms with Crippen molar-refractivity contribution in [2.75, 3.05) is 13.6 Å². The van der Waals surface area contributed by atoms with Gasteiger partial charge < -0.3 is 5.32 Å². The molecular weight excluding hydrogens is 324 g/mol. The molecule has 6 heteroatoms. The van der Waals surface area contributed by atoms with Crippen LogP contribution in [0.15, 0.2) is 42.6 Å². The zero-order valence-electron chi connectivity index (χ0n) is 13.2. The normalized spacial score (nSPS) is 20.5. The summed E-state index contributed by atoms with van der Waals surface area (Å²) in [6.07, 6.45) is 2.28. The van der Waals surface area contributed by atoms with E-state index in [2.05, 4.69) is 15.2 Å². The zero-order valence-corrected chi connectivity index (χ0v) is 14.0. The van der Waals surface area contributed by atoms with E-state index in [0.717, 1.165) is 18.5 Å². The molecule has 0 saturated carbocycles. The highest BCUT2D eigenvalue weighted by atomic mass is 35.5. The van der Waals surface area contributed by atoms with Crippen molar-refractivity contribution in [3.05, 3.63) is 64.4 Å². The molecule has 122 valence electrons. The lowest BCUT2D eigenvalue weighted by molar-refractivity contribution is 0.0922. The number of hydrogen-bond donors (Lipinski definition) is 1. The molecule has 1 saturated heterocycles. The van der Waals surface area contributed by atoms with Crippen LogP contribution in [0.5, 0.6) is 0 Å². The number of carbonyl (C=O) groups is 1. The first-order valence-electron chi connectivity index (χ1n) is 7.71. The lowest BCUT2D eigenvalue weighted by Crippen LogP contribution is -2.39. The maximum atomic E-state index is 12.4. The molecule has 1 aromatic carbocycles. The molecule has 24 heavy (non-hydrogen) atoms. The second-order valence-electron chi connectivity index (χ2n) is 5.89. The van der Waals surface area contributed by atoms with Crippen molar-refractivity contribution in [3.63, 3.8) is 0 Å². The molecule has 1 amide bonds. The van der Waals surface area contributed by atoms with Crippen molar-refractivity contribution in [2.24, 2.45) is 0 Å². The number of rotatable bonds is 3. The lowest BCUT2D eigenvalue weighted by atomic mass is 10.00. The quantitative estimate of drug-likeness (QED) is 0.932. The average Bonchev–Trinajstić information content (AvgIpc) is 2.96. The highest BCUT2D eigenvalue weighted by Crippen LogP contribution is 2.31. The summed E-state index contributed by atoms with van der Waals surface area (Å²) in [7, 11) is 2.05. The van der Waals surface area contributed by atoms with Crippen LogP contribution in [0, 0.1) is 11.3 Å². The number of hydrogen-bond acceptors (Lipinski definition) is 4.